The zero-order chi connectivity index (χ0) is 22.6. The average molecular weight is 454 g/mol. The molecule has 4 atom stereocenters. The topological polar surface area (TPSA) is 55.4 Å². The predicted molar refractivity (Wildman–Crippen MR) is 110 cm³/mol. The van der Waals surface area contributed by atoms with Crippen LogP contribution in [0.3, 0.4) is 0 Å². The van der Waals surface area contributed by atoms with E-state index in [0.29, 0.717) is 17.5 Å². The first-order valence-electron chi connectivity index (χ1n) is 9.84. The molecule has 1 saturated carbocycles. The van der Waals surface area contributed by atoms with Crippen molar-refractivity contribution in [3.8, 4) is 11.1 Å². The highest BCUT2D eigenvalue weighted by Gasteiger charge is 2.61. The van der Waals surface area contributed by atoms with Crippen LogP contribution in [0.25, 0.3) is 11.1 Å². The summed E-state index contributed by atoms with van der Waals surface area (Å²) in [6.45, 7) is 0.676. The van der Waals surface area contributed by atoms with Gasteiger partial charge in [0.2, 0.25) is 5.91 Å². The van der Waals surface area contributed by atoms with Crippen molar-refractivity contribution in [2.75, 3.05) is 19.3 Å². The smallest absolute Gasteiger partial charge is 0.286 e. The number of hydrogen-bond acceptors (Lipinski definition) is 3. The van der Waals surface area contributed by atoms with Gasteiger partial charge in [-0.15, -0.1) is 4.72 Å². The molecule has 1 heterocycles. The van der Waals surface area contributed by atoms with Crippen LogP contribution in [0.4, 0.5) is 17.6 Å². The summed E-state index contributed by atoms with van der Waals surface area (Å²) >= 11 is -1.64. The Kier molecular flexibility index (Phi) is 5.56. The molecule has 166 valence electrons. The number of nitrogens with zero attached hydrogens (tertiary/aromatic N) is 1. The van der Waals surface area contributed by atoms with E-state index in [0.717, 1.165) is 4.90 Å². The zero-order valence-electron chi connectivity index (χ0n) is 17.0. The fraction of sp³-hybridized carbons (Fsp3) is 0.409. The quantitative estimate of drug-likeness (QED) is 0.552. The van der Waals surface area contributed by atoms with Crippen LogP contribution in [0.5, 0.6) is 0 Å². The molecule has 0 spiro atoms. The summed E-state index contributed by atoms with van der Waals surface area (Å²) in [6, 6.07) is 8.93. The Labute approximate surface area is 180 Å². The van der Waals surface area contributed by atoms with Crippen LogP contribution in [0, 0.1) is 17.0 Å². The molecule has 0 bridgehead atoms. The van der Waals surface area contributed by atoms with Crippen molar-refractivity contribution in [3.05, 3.63) is 59.7 Å². The van der Waals surface area contributed by atoms with E-state index in [1.165, 1.54) is 24.5 Å². The third-order valence-electron chi connectivity index (χ3n) is 6.20. The maximum absolute atomic E-state index is 14.4. The summed E-state index contributed by atoms with van der Waals surface area (Å²) in [4.78, 5) is 14.2. The fourth-order valence-electron chi connectivity index (χ4n) is 4.46. The zero-order valence-corrected chi connectivity index (χ0v) is 17.8. The Hall–Kier alpha value is -2.10. The van der Waals surface area contributed by atoms with Crippen LogP contribution in [-0.4, -0.2) is 46.7 Å². The number of benzene rings is 2. The molecule has 4 rings (SSSR count). The summed E-state index contributed by atoms with van der Waals surface area (Å²) in [5.41, 5.74) is -0.152. The first-order valence-corrected chi connectivity index (χ1v) is 11.4. The van der Waals surface area contributed by atoms with Crippen molar-refractivity contribution in [2.24, 2.45) is 5.41 Å². The third kappa shape index (κ3) is 3.94. The molecule has 2 aromatic carbocycles. The van der Waals surface area contributed by atoms with E-state index in [-0.39, 0.29) is 18.0 Å². The van der Waals surface area contributed by atoms with Gasteiger partial charge in [0.15, 0.2) is 0 Å². The lowest BCUT2D eigenvalue weighted by molar-refractivity contribution is -0.137. The van der Waals surface area contributed by atoms with Crippen molar-refractivity contribution in [2.45, 2.75) is 31.2 Å². The van der Waals surface area contributed by atoms with E-state index >= 15 is 0 Å². The number of rotatable bonds is 5. The second-order valence-corrected chi connectivity index (χ2v) is 9.57. The molecule has 1 aliphatic heterocycles. The van der Waals surface area contributed by atoms with Gasteiger partial charge < -0.3 is 9.45 Å². The molecule has 4 nitrogen and oxygen atoms in total. The fourth-order valence-corrected chi connectivity index (χ4v) is 5.11. The normalized spacial score (nSPS) is 27.9. The molecule has 2 aliphatic rings. The molecule has 1 amide bonds. The molecule has 9 heteroatoms. The van der Waals surface area contributed by atoms with Crippen LogP contribution in [0.2, 0.25) is 0 Å². The molecule has 0 radical (unpaired) electrons. The van der Waals surface area contributed by atoms with Crippen molar-refractivity contribution < 1.29 is 26.9 Å². The van der Waals surface area contributed by atoms with Crippen LogP contribution in [-0.2, 0) is 16.2 Å². The first-order chi connectivity index (χ1) is 14.5. The maximum Gasteiger partial charge on any atom is 0.286 e. The highest BCUT2D eigenvalue weighted by Crippen LogP contribution is 2.62. The highest BCUT2D eigenvalue weighted by molar-refractivity contribution is 7.88. The number of hydrogen-bond donors (Lipinski definition) is 1. The van der Waals surface area contributed by atoms with Crippen LogP contribution >= 0.6 is 0 Å². The van der Waals surface area contributed by atoms with Gasteiger partial charge in [-0.1, -0.05) is 37.3 Å². The molecule has 1 aliphatic carbocycles. The lowest BCUT2D eigenvalue weighted by atomic mass is 9.92. The molecule has 1 N–H and O–H groups in total. The van der Waals surface area contributed by atoms with Crippen LogP contribution in [0.1, 0.15) is 24.8 Å². The van der Waals surface area contributed by atoms with Crippen LogP contribution < -0.4 is 4.72 Å². The number of halogens is 4. The SMILES string of the molecule is C[S+]([O-])NC1CN(C(=O)C2(C)CC2c2ccccc2-c2c(F)cccc2F)CC1(F)F. The number of likely N-dealkylation sites (tertiary alicyclic amines) is 1. The molecule has 0 aromatic heterocycles. The number of amides is 1. The van der Waals surface area contributed by atoms with Crippen molar-refractivity contribution in [1.82, 2.24) is 9.62 Å². The minimum absolute atomic E-state index is 0.165. The van der Waals surface area contributed by atoms with Gasteiger partial charge in [-0.25, -0.2) is 17.6 Å². The molecule has 2 fully saturated rings. The molecular formula is C22H22F4N2O2S. The van der Waals surface area contributed by atoms with Gasteiger partial charge in [-0.05, 0) is 35.6 Å². The third-order valence-corrected chi connectivity index (χ3v) is 6.82. The lowest BCUT2D eigenvalue weighted by Gasteiger charge is -2.22. The van der Waals surface area contributed by atoms with E-state index < -0.39 is 52.8 Å². The monoisotopic (exact) mass is 454 g/mol. The van der Waals surface area contributed by atoms with Crippen molar-refractivity contribution in [1.29, 1.82) is 0 Å². The van der Waals surface area contributed by atoms with Crippen molar-refractivity contribution >= 4 is 17.3 Å². The summed E-state index contributed by atoms with van der Waals surface area (Å²) in [5, 5.41) is 0. The predicted octanol–water partition coefficient (Wildman–Crippen LogP) is 3.85. The Morgan fingerprint density at radius 3 is 2.45 bits per heavy atom. The Bertz CT molecular complexity index is 999. The van der Waals surface area contributed by atoms with E-state index in [1.54, 1.807) is 31.2 Å². The van der Waals surface area contributed by atoms with Gasteiger partial charge in [-0.3, -0.25) is 4.79 Å². The van der Waals surface area contributed by atoms with Gasteiger partial charge in [0, 0.05) is 17.9 Å². The largest absolute Gasteiger partial charge is 0.598 e. The summed E-state index contributed by atoms with van der Waals surface area (Å²) in [7, 11) is 0. The minimum Gasteiger partial charge on any atom is -0.598 e. The highest BCUT2D eigenvalue weighted by atomic mass is 32.2. The average Bonchev–Trinajstić information content (AvgIpc) is 3.29. The van der Waals surface area contributed by atoms with Gasteiger partial charge in [0.1, 0.15) is 23.9 Å². The molecule has 4 unspecified atom stereocenters. The standard InChI is InChI=1S/C22H22F4N2O2S/c1-21(20(29)28-11-18(27-31(2)30)22(25,26)12-28)10-15(21)13-6-3-4-7-14(13)19-16(23)8-5-9-17(19)24/h3-9,15,18,27H,10-12H2,1-2H3. The van der Waals surface area contributed by atoms with Crippen molar-refractivity contribution in [3.63, 3.8) is 0 Å². The van der Waals surface area contributed by atoms with E-state index in [9.17, 15) is 26.9 Å². The Balaban J connectivity index is 1.60. The van der Waals surface area contributed by atoms with E-state index in [4.69, 9.17) is 0 Å². The van der Waals surface area contributed by atoms with E-state index in [1.807, 2.05) is 0 Å². The second-order valence-electron chi connectivity index (χ2n) is 8.43. The Morgan fingerprint density at radius 2 is 1.81 bits per heavy atom. The Morgan fingerprint density at radius 1 is 1.16 bits per heavy atom. The number of alkyl halides is 2. The van der Waals surface area contributed by atoms with Gasteiger partial charge in [-0.2, -0.15) is 0 Å². The first kappa shape index (κ1) is 22.1. The minimum atomic E-state index is -3.20. The molecule has 31 heavy (non-hydrogen) atoms. The summed E-state index contributed by atoms with van der Waals surface area (Å²) < 4.78 is 71.1. The number of carbonyl (C=O) groups is 1. The number of carbonyl (C=O) groups excluding carboxylic acids is 1. The summed E-state index contributed by atoms with van der Waals surface area (Å²) in [5.74, 6) is -5.40. The molecular weight excluding hydrogens is 432 g/mol. The maximum atomic E-state index is 14.4. The van der Waals surface area contributed by atoms with Crippen LogP contribution in [0.15, 0.2) is 42.5 Å². The molecule has 1 saturated heterocycles. The number of nitrogens with one attached hydrogen (secondary N) is 1. The van der Waals surface area contributed by atoms with Gasteiger partial charge in [0.25, 0.3) is 5.92 Å². The van der Waals surface area contributed by atoms with Gasteiger partial charge in [0.05, 0.1) is 17.5 Å². The summed E-state index contributed by atoms with van der Waals surface area (Å²) in [6.07, 6.45) is 1.65. The van der Waals surface area contributed by atoms with E-state index in [2.05, 4.69) is 4.72 Å². The van der Waals surface area contributed by atoms with Gasteiger partial charge >= 0.3 is 0 Å². The lowest BCUT2D eigenvalue weighted by Crippen LogP contribution is -2.46. The second kappa shape index (κ2) is 7.79. The molecule has 2 aromatic rings.